The Hall–Kier alpha value is -2.67. The van der Waals surface area contributed by atoms with Crippen LogP contribution in [0.4, 0.5) is 11.4 Å². The van der Waals surface area contributed by atoms with Crippen LogP contribution in [-0.4, -0.2) is 23.6 Å². The van der Waals surface area contributed by atoms with Gasteiger partial charge in [-0.2, -0.15) is 10.4 Å². The molecule has 1 rings (SSSR count). The van der Waals surface area contributed by atoms with Crippen molar-refractivity contribution in [3.8, 4) is 11.8 Å². The standard InChI is InChI=1S/C10H9BrN6O3/c1-20-5-2-6(11)9(8(3-5)17(18)19)16-15-7(4-12)10(13)14/h2-3,16H,1H3,(H3,13,14)/b15-7+. The summed E-state index contributed by atoms with van der Waals surface area (Å²) in [5, 5.41) is 30.3. The van der Waals surface area contributed by atoms with Gasteiger partial charge in [-0.3, -0.25) is 20.9 Å². The molecular formula is C10H9BrN6O3. The highest BCUT2D eigenvalue weighted by Gasteiger charge is 2.19. The van der Waals surface area contributed by atoms with E-state index in [2.05, 4.69) is 26.5 Å². The number of nitro groups is 1. The van der Waals surface area contributed by atoms with Gasteiger partial charge in [-0.05, 0) is 22.0 Å². The second-order valence-electron chi connectivity index (χ2n) is 3.36. The van der Waals surface area contributed by atoms with Gasteiger partial charge >= 0.3 is 0 Å². The van der Waals surface area contributed by atoms with Crippen LogP contribution < -0.4 is 15.9 Å². The lowest BCUT2D eigenvalue weighted by Crippen LogP contribution is -2.22. The van der Waals surface area contributed by atoms with Crippen molar-refractivity contribution in [3.63, 3.8) is 0 Å². The number of anilines is 1. The van der Waals surface area contributed by atoms with Gasteiger partial charge in [0, 0.05) is 0 Å². The fraction of sp³-hybridized carbons (Fsp3) is 0.100. The van der Waals surface area contributed by atoms with Crippen molar-refractivity contribution >= 4 is 38.9 Å². The summed E-state index contributed by atoms with van der Waals surface area (Å²) in [5.74, 6) is -0.266. The minimum atomic E-state index is -0.634. The first-order chi connectivity index (χ1) is 9.40. The minimum absolute atomic E-state index is 0.0183. The minimum Gasteiger partial charge on any atom is -0.496 e. The first-order valence-corrected chi connectivity index (χ1v) is 5.80. The van der Waals surface area contributed by atoms with Crippen molar-refractivity contribution in [1.82, 2.24) is 0 Å². The molecule has 0 aliphatic rings. The molecule has 0 atom stereocenters. The Morgan fingerprint density at radius 1 is 1.70 bits per heavy atom. The molecule has 0 aliphatic carbocycles. The fourth-order valence-electron chi connectivity index (χ4n) is 1.20. The Labute approximate surface area is 121 Å². The number of rotatable bonds is 5. The Bertz CT molecular complexity index is 637. The van der Waals surface area contributed by atoms with E-state index in [9.17, 15) is 10.1 Å². The van der Waals surface area contributed by atoms with Gasteiger partial charge in [-0.25, -0.2) is 0 Å². The molecule has 4 N–H and O–H groups in total. The molecule has 0 bridgehead atoms. The molecule has 104 valence electrons. The summed E-state index contributed by atoms with van der Waals surface area (Å²) in [6, 6.07) is 4.28. The SMILES string of the molecule is COc1cc(Br)c(N/N=C(\C#N)C(=N)N)c([N+](=O)[O-])c1. The Morgan fingerprint density at radius 2 is 2.35 bits per heavy atom. The van der Waals surface area contributed by atoms with E-state index in [1.165, 1.54) is 19.2 Å². The number of amidine groups is 1. The number of benzene rings is 1. The smallest absolute Gasteiger partial charge is 0.299 e. The van der Waals surface area contributed by atoms with Gasteiger partial charge in [0.05, 0.1) is 22.6 Å². The van der Waals surface area contributed by atoms with Crippen LogP contribution in [0.15, 0.2) is 21.7 Å². The number of nitrogens with two attached hydrogens (primary N) is 1. The van der Waals surface area contributed by atoms with Crippen molar-refractivity contribution < 1.29 is 9.66 Å². The maximum atomic E-state index is 11.0. The molecule has 0 saturated heterocycles. The second-order valence-corrected chi connectivity index (χ2v) is 4.21. The number of hydrazone groups is 1. The predicted molar refractivity (Wildman–Crippen MR) is 75.9 cm³/mol. The third-order valence-electron chi connectivity index (χ3n) is 2.12. The van der Waals surface area contributed by atoms with Gasteiger partial charge in [-0.15, -0.1) is 0 Å². The molecule has 0 amide bonds. The number of hydrogen-bond donors (Lipinski definition) is 3. The molecular weight excluding hydrogens is 332 g/mol. The summed E-state index contributed by atoms with van der Waals surface area (Å²) >= 11 is 3.13. The number of nitriles is 1. The Morgan fingerprint density at radius 3 is 2.80 bits per heavy atom. The van der Waals surface area contributed by atoms with Crippen LogP contribution in [0.25, 0.3) is 0 Å². The molecule has 20 heavy (non-hydrogen) atoms. The van der Waals surface area contributed by atoms with Crippen LogP contribution in [0.5, 0.6) is 5.75 Å². The lowest BCUT2D eigenvalue weighted by molar-refractivity contribution is -0.384. The van der Waals surface area contributed by atoms with Crippen molar-refractivity contribution in [1.29, 1.82) is 10.7 Å². The van der Waals surface area contributed by atoms with Gasteiger partial charge in [0.25, 0.3) is 5.69 Å². The number of nitrogens with one attached hydrogen (secondary N) is 2. The van der Waals surface area contributed by atoms with Gasteiger partial charge in [-0.1, -0.05) is 0 Å². The highest BCUT2D eigenvalue weighted by atomic mass is 79.9. The number of nitrogens with zero attached hydrogens (tertiary/aromatic N) is 3. The lowest BCUT2D eigenvalue weighted by atomic mass is 10.2. The van der Waals surface area contributed by atoms with Crippen molar-refractivity contribution in [2.45, 2.75) is 0 Å². The molecule has 0 radical (unpaired) electrons. The van der Waals surface area contributed by atoms with E-state index in [1.807, 2.05) is 0 Å². The van der Waals surface area contributed by atoms with Crippen molar-refractivity contribution in [3.05, 3.63) is 26.7 Å². The number of nitro benzene ring substituents is 1. The van der Waals surface area contributed by atoms with Crippen LogP contribution >= 0.6 is 15.9 Å². The van der Waals surface area contributed by atoms with Gasteiger partial charge in [0.1, 0.15) is 17.5 Å². The third-order valence-corrected chi connectivity index (χ3v) is 2.74. The number of ether oxygens (including phenoxy) is 1. The second kappa shape index (κ2) is 6.48. The molecule has 0 saturated carbocycles. The van der Waals surface area contributed by atoms with E-state index in [0.29, 0.717) is 4.47 Å². The highest BCUT2D eigenvalue weighted by Crippen LogP contribution is 2.36. The number of halogens is 1. The van der Waals surface area contributed by atoms with Gasteiger partial charge in [0.15, 0.2) is 5.84 Å². The summed E-state index contributed by atoms with van der Waals surface area (Å²) in [6.07, 6.45) is 0. The van der Waals surface area contributed by atoms with Crippen LogP contribution in [-0.2, 0) is 0 Å². The zero-order valence-electron chi connectivity index (χ0n) is 10.2. The number of hydrogen-bond acceptors (Lipinski definition) is 7. The Balaban J connectivity index is 3.28. The first kappa shape index (κ1) is 15.4. The fourth-order valence-corrected chi connectivity index (χ4v) is 1.72. The zero-order valence-corrected chi connectivity index (χ0v) is 11.8. The quantitative estimate of drug-likeness (QED) is 0.320. The molecule has 0 heterocycles. The van der Waals surface area contributed by atoms with E-state index >= 15 is 0 Å². The average molecular weight is 341 g/mol. The number of methoxy groups -OCH3 is 1. The largest absolute Gasteiger partial charge is 0.496 e. The summed E-state index contributed by atoms with van der Waals surface area (Å²) in [6.45, 7) is 0. The van der Waals surface area contributed by atoms with E-state index in [-0.39, 0.29) is 22.8 Å². The molecule has 0 spiro atoms. The summed E-state index contributed by atoms with van der Waals surface area (Å²) in [5.41, 5.74) is 6.79. The summed E-state index contributed by atoms with van der Waals surface area (Å²) in [4.78, 5) is 10.4. The topological polar surface area (TPSA) is 150 Å². The molecule has 0 aromatic heterocycles. The van der Waals surface area contributed by atoms with E-state index in [0.717, 1.165) is 0 Å². The van der Waals surface area contributed by atoms with Crippen LogP contribution in [0, 0.1) is 26.9 Å². The lowest BCUT2D eigenvalue weighted by Gasteiger charge is -2.07. The molecule has 9 nitrogen and oxygen atoms in total. The van der Waals surface area contributed by atoms with Crippen LogP contribution in [0.2, 0.25) is 0 Å². The van der Waals surface area contributed by atoms with Gasteiger partial charge in [0.2, 0.25) is 5.71 Å². The molecule has 0 unspecified atom stereocenters. The monoisotopic (exact) mass is 340 g/mol. The molecule has 10 heteroatoms. The maximum Gasteiger partial charge on any atom is 0.299 e. The highest BCUT2D eigenvalue weighted by molar-refractivity contribution is 9.10. The maximum absolute atomic E-state index is 11.0. The first-order valence-electron chi connectivity index (χ1n) is 5.00. The van der Waals surface area contributed by atoms with Crippen LogP contribution in [0.3, 0.4) is 0 Å². The Kier molecular flexibility index (Phi) is 4.99. The average Bonchev–Trinajstić information content (AvgIpc) is 2.39. The van der Waals surface area contributed by atoms with E-state index in [4.69, 9.17) is 21.1 Å². The molecule has 1 aromatic carbocycles. The third kappa shape index (κ3) is 3.42. The van der Waals surface area contributed by atoms with E-state index < -0.39 is 10.8 Å². The molecule has 0 fully saturated rings. The molecule has 1 aromatic rings. The van der Waals surface area contributed by atoms with E-state index in [1.54, 1.807) is 6.07 Å². The summed E-state index contributed by atoms with van der Waals surface area (Å²) in [7, 11) is 1.38. The predicted octanol–water partition coefficient (Wildman–Crippen LogP) is 1.59. The normalized spacial score (nSPS) is 10.6. The van der Waals surface area contributed by atoms with Crippen molar-refractivity contribution in [2.24, 2.45) is 10.8 Å². The zero-order chi connectivity index (χ0) is 15.3. The van der Waals surface area contributed by atoms with Crippen molar-refractivity contribution in [2.75, 3.05) is 12.5 Å². The summed E-state index contributed by atoms with van der Waals surface area (Å²) < 4.78 is 5.23. The van der Waals surface area contributed by atoms with Crippen LogP contribution in [0.1, 0.15) is 0 Å². The van der Waals surface area contributed by atoms with Gasteiger partial charge < -0.3 is 10.5 Å². The molecule has 0 aliphatic heterocycles.